The summed E-state index contributed by atoms with van der Waals surface area (Å²) in [4.78, 5) is 14.8. The van der Waals surface area contributed by atoms with Gasteiger partial charge in [0.25, 0.3) is 5.91 Å². The van der Waals surface area contributed by atoms with Crippen molar-refractivity contribution in [2.24, 2.45) is 0 Å². The highest BCUT2D eigenvalue weighted by atomic mass is 32.2. The molecular weight excluding hydrogens is 450 g/mol. The summed E-state index contributed by atoms with van der Waals surface area (Å²) in [5.74, 6) is -0.491. The predicted octanol–water partition coefficient (Wildman–Crippen LogP) is 2.64. The molecule has 2 N–H and O–H groups in total. The molecule has 1 unspecified atom stereocenters. The number of hydrogen-bond acceptors (Lipinski definition) is 6. The second-order valence-electron chi connectivity index (χ2n) is 7.83. The molecule has 174 valence electrons. The van der Waals surface area contributed by atoms with Crippen molar-refractivity contribution in [3.63, 3.8) is 0 Å². The van der Waals surface area contributed by atoms with Crippen molar-refractivity contribution in [2.45, 2.75) is 37.6 Å². The molecule has 1 atom stereocenters. The molecule has 1 saturated heterocycles. The third-order valence-electron chi connectivity index (χ3n) is 5.35. The standard InChI is InChI=1S/C22H29N3O5S2/c1-3-14-25(4-2)20-9-5-17(6-10-20)22(26)23-18-7-11-21(12-8-18)32(29,30)24-19-13-15-31(27,28)16-19/h5-12,19,24H,3-4,13-16H2,1-2H3,(H,23,26). The predicted molar refractivity (Wildman–Crippen MR) is 126 cm³/mol. The van der Waals surface area contributed by atoms with Crippen LogP contribution in [0.1, 0.15) is 37.0 Å². The Morgan fingerprint density at radius 3 is 2.25 bits per heavy atom. The molecule has 10 heteroatoms. The maximum absolute atomic E-state index is 12.6. The minimum absolute atomic E-state index is 0.0127. The van der Waals surface area contributed by atoms with Gasteiger partial charge < -0.3 is 10.2 Å². The molecule has 8 nitrogen and oxygen atoms in total. The molecule has 0 bridgehead atoms. The number of nitrogens with zero attached hydrogens (tertiary/aromatic N) is 1. The highest BCUT2D eigenvalue weighted by Crippen LogP contribution is 2.19. The largest absolute Gasteiger partial charge is 0.372 e. The fourth-order valence-corrected chi connectivity index (χ4v) is 6.71. The molecule has 0 saturated carbocycles. The summed E-state index contributed by atoms with van der Waals surface area (Å²) in [6.07, 6.45) is 1.31. The molecule has 1 fully saturated rings. The van der Waals surface area contributed by atoms with Crippen molar-refractivity contribution in [1.29, 1.82) is 0 Å². The second kappa shape index (κ2) is 10.0. The van der Waals surface area contributed by atoms with Crippen LogP contribution in [-0.2, 0) is 19.9 Å². The zero-order chi connectivity index (χ0) is 23.4. The minimum atomic E-state index is -3.84. The zero-order valence-corrected chi connectivity index (χ0v) is 19.9. The topological polar surface area (TPSA) is 113 Å². The zero-order valence-electron chi connectivity index (χ0n) is 18.2. The normalized spacial score (nSPS) is 17.8. The molecule has 1 amide bonds. The fourth-order valence-electron chi connectivity index (χ4n) is 3.66. The third-order valence-corrected chi connectivity index (χ3v) is 8.65. The van der Waals surface area contributed by atoms with Crippen LogP contribution in [0.5, 0.6) is 0 Å². The lowest BCUT2D eigenvalue weighted by Crippen LogP contribution is -2.35. The number of nitrogens with one attached hydrogen (secondary N) is 2. The summed E-state index contributed by atoms with van der Waals surface area (Å²) in [5.41, 5.74) is 2.02. The molecule has 2 aromatic carbocycles. The summed E-state index contributed by atoms with van der Waals surface area (Å²) in [6, 6.07) is 12.5. The Morgan fingerprint density at radius 1 is 1.06 bits per heavy atom. The van der Waals surface area contributed by atoms with Crippen LogP contribution >= 0.6 is 0 Å². The molecule has 3 rings (SSSR count). The van der Waals surface area contributed by atoms with E-state index in [1.807, 2.05) is 12.1 Å². The number of carbonyl (C=O) groups is 1. The van der Waals surface area contributed by atoms with Crippen molar-refractivity contribution in [3.8, 4) is 0 Å². The summed E-state index contributed by atoms with van der Waals surface area (Å²) in [7, 11) is -7.03. The second-order valence-corrected chi connectivity index (χ2v) is 11.8. The molecule has 0 aliphatic carbocycles. The Morgan fingerprint density at radius 2 is 1.72 bits per heavy atom. The highest BCUT2D eigenvalue weighted by molar-refractivity contribution is 7.92. The Kier molecular flexibility index (Phi) is 7.58. The number of sulfonamides is 1. The molecule has 1 aliphatic rings. The van der Waals surface area contributed by atoms with Crippen molar-refractivity contribution in [3.05, 3.63) is 54.1 Å². The van der Waals surface area contributed by atoms with E-state index in [2.05, 4.69) is 28.8 Å². The number of anilines is 2. The van der Waals surface area contributed by atoms with Gasteiger partial charge in [0.2, 0.25) is 10.0 Å². The van der Waals surface area contributed by atoms with Crippen molar-refractivity contribution in [1.82, 2.24) is 4.72 Å². The van der Waals surface area contributed by atoms with Gasteiger partial charge >= 0.3 is 0 Å². The summed E-state index contributed by atoms with van der Waals surface area (Å²) >= 11 is 0. The Labute approximate surface area is 190 Å². The van der Waals surface area contributed by atoms with E-state index in [0.717, 1.165) is 25.2 Å². The summed E-state index contributed by atoms with van der Waals surface area (Å²) < 4.78 is 50.6. The van der Waals surface area contributed by atoms with Crippen molar-refractivity contribution < 1.29 is 21.6 Å². The van der Waals surface area contributed by atoms with Gasteiger partial charge in [-0.25, -0.2) is 21.6 Å². The first-order valence-electron chi connectivity index (χ1n) is 10.6. The highest BCUT2D eigenvalue weighted by Gasteiger charge is 2.31. The first kappa shape index (κ1) is 24.2. The lowest BCUT2D eigenvalue weighted by atomic mass is 10.1. The Bertz CT molecular complexity index is 1150. The van der Waals surface area contributed by atoms with Crippen molar-refractivity contribution >= 4 is 37.1 Å². The Hall–Kier alpha value is -2.43. The molecule has 0 radical (unpaired) electrons. The van der Waals surface area contributed by atoms with Gasteiger partial charge in [-0.2, -0.15) is 0 Å². The third kappa shape index (κ3) is 6.08. The molecule has 0 spiro atoms. The molecular formula is C22H29N3O5S2. The van der Waals surface area contributed by atoms with E-state index in [9.17, 15) is 21.6 Å². The van der Waals surface area contributed by atoms with Crippen LogP contribution in [0.4, 0.5) is 11.4 Å². The number of sulfone groups is 1. The van der Waals surface area contributed by atoms with Crippen LogP contribution in [0.2, 0.25) is 0 Å². The summed E-state index contributed by atoms with van der Waals surface area (Å²) in [6.45, 7) is 6.05. The van der Waals surface area contributed by atoms with E-state index in [4.69, 9.17) is 0 Å². The van der Waals surface area contributed by atoms with Crippen molar-refractivity contribution in [2.75, 3.05) is 34.8 Å². The number of amides is 1. The molecule has 2 aromatic rings. The molecule has 0 aromatic heterocycles. The van der Waals surface area contributed by atoms with Crippen LogP contribution in [0.15, 0.2) is 53.4 Å². The quantitative estimate of drug-likeness (QED) is 0.572. The van der Waals surface area contributed by atoms with E-state index in [1.54, 1.807) is 12.1 Å². The molecule has 32 heavy (non-hydrogen) atoms. The van der Waals surface area contributed by atoms with Crippen LogP contribution in [0, 0.1) is 0 Å². The first-order chi connectivity index (χ1) is 15.1. The lowest BCUT2D eigenvalue weighted by Gasteiger charge is -2.22. The molecule has 1 heterocycles. The maximum Gasteiger partial charge on any atom is 0.255 e. The average Bonchev–Trinajstić information content (AvgIpc) is 3.10. The fraction of sp³-hybridized carbons (Fsp3) is 0.409. The lowest BCUT2D eigenvalue weighted by molar-refractivity contribution is 0.102. The minimum Gasteiger partial charge on any atom is -0.372 e. The Balaban J connectivity index is 1.63. The van der Waals surface area contributed by atoms with E-state index in [1.165, 1.54) is 24.3 Å². The summed E-state index contributed by atoms with van der Waals surface area (Å²) in [5, 5.41) is 2.76. The van der Waals surface area contributed by atoms with Gasteiger partial charge in [0.05, 0.1) is 16.4 Å². The smallest absolute Gasteiger partial charge is 0.255 e. The van der Waals surface area contributed by atoms with Gasteiger partial charge in [-0.1, -0.05) is 6.92 Å². The SMILES string of the molecule is CCCN(CC)c1ccc(C(=O)Nc2ccc(S(=O)(=O)NC3CCS(=O)(=O)C3)cc2)cc1. The van der Waals surface area contributed by atoms with Crippen LogP contribution in [-0.4, -0.2) is 53.4 Å². The van der Waals surface area contributed by atoms with E-state index >= 15 is 0 Å². The first-order valence-corrected chi connectivity index (χ1v) is 13.9. The van der Waals surface area contributed by atoms with Gasteiger partial charge in [0.1, 0.15) is 0 Å². The van der Waals surface area contributed by atoms with E-state index in [-0.39, 0.29) is 28.7 Å². The van der Waals surface area contributed by atoms with Gasteiger partial charge in [0.15, 0.2) is 9.84 Å². The van der Waals surface area contributed by atoms with Gasteiger partial charge in [-0.15, -0.1) is 0 Å². The monoisotopic (exact) mass is 479 g/mol. The number of rotatable bonds is 9. The van der Waals surface area contributed by atoms with Crippen LogP contribution < -0.4 is 14.9 Å². The number of hydrogen-bond donors (Lipinski definition) is 2. The van der Waals surface area contributed by atoms with E-state index in [0.29, 0.717) is 11.3 Å². The van der Waals surface area contributed by atoms with E-state index < -0.39 is 25.9 Å². The maximum atomic E-state index is 12.6. The number of benzene rings is 2. The van der Waals surface area contributed by atoms with Gasteiger partial charge in [-0.05, 0) is 68.3 Å². The van der Waals surface area contributed by atoms with Gasteiger partial charge in [-0.3, -0.25) is 4.79 Å². The van der Waals surface area contributed by atoms with Gasteiger partial charge in [0, 0.05) is 36.1 Å². The number of carbonyl (C=O) groups excluding carboxylic acids is 1. The van der Waals surface area contributed by atoms with Crippen LogP contribution in [0.25, 0.3) is 0 Å². The van der Waals surface area contributed by atoms with Crippen LogP contribution in [0.3, 0.4) is 0 Å². The molecule has 1 aliphatic heterocycles. The average molecular weight is 480 g/mol.